The van der Waals surface area contributed by atoms with Crippen molar-refractivity contribution in [3.05, 3.63) is 47.9 Å². The van der Waals surface area contributed by atoms with Crippen LogP contribution >= 0.6 is 0 Å². The number of nitrogens with one attached hydrogen (secondary N) is 1. The van der Waals surface area contributed by atoms with E-state index in [0.717, 1.165) is 48.2 Å². The monoisotopic (exact) mass is 330 g/mol. The lowest BCUT2D eigenvalue weighted by Gasteiger charge is -2.26. The maximum absolute atomic E-state index is 12.7. The first-order valence-electron chi connectivity index (χ1n) is 8.47. The number of carbonyl (C=O) groups excluding carboxylic acids is 1. The molecule has 1 saturated heterocycles. The van der Waals surface area contributed by atoms with Gasteiger partial charge in [-0.25, -0.2) is 9.97 Å². The van der Waals surface area contributed by atoms with Gasteiger partial charge in [-0.05, 0) is 43.5 Å². The molecule has 0 unspecified atom stereocenters. The molecule has 1 amide bonds. The molecule has 3 aromatic rings. The molecule has 0 spiro atoms. The fourth-order valence-corrected chi connectivity index (χ4v) is 3.21. The summed E-state index contributed by atoms with van der Waals surface area (Å²) >= 11 is 0. The van der Waals surface area contributed by atoms with Crippen LogP contribution in [-0.2, 0) is 0 Å². The Kier molecular flexibility index (Phi) is 3.95. The van der Waals surface area contributed by atoms with Crippen molar-refractivity contribution in [2.75, 3.05) is 13.1 Å². The van der Waals surface area contributed by atoms with Gasteiger partial charge in [0.1, 0.15) is 11.3 Å². The standard InChI is InChI=1S/C20H18N4O/c1-2-16-12-14-11-15(13-21-19(14)22-16)17-7-6-8-18(23-17)20(25)24-9-4-3-5-10-24/h1,6-8,11-13H,3-5,9-10H2,(H,21,22). The number of aromatic amines is 1. The van der Waals surface area contributed by atoms with E-state index in [4.69, 9.17) is 6.42 Å². The average molecular weight is 330 g/mol. The van der Waals surface area contributed by atoms with E-state index in [2.05, 4.69) is 20.9 Å². The van der Waals surface area contributed by atoms with Crippen LogP contribution < -0.4 is 0 Å². The van der Waals surface area contributed by atoms with Gasteiger partial charge in [0.15, 0.2) is 0 Å². The van der Waals surface area contributed by atoms with Crippen molar-refractivity contribution in [1.29, 1.82) is 0 Å². The molecule has 1 fully saturated rings. The highest BCUT2D eigenvalue weighted by Gasteiger charge is 2.19. The smallest absolute Gasteiger partial charge is 0.272 e. The molecule has 25 heavy (non-hydrogen) atoms. The quantitative estimate of drug-likeness (QED) is 0.734. The largest absolute Gasteiger partial charge is 0.337 e. The Morgan fingerprint density at radius 2 is 2.04 bits per heavy atom. The van der Waals surface area contributed by atoms with Crippen LogP contribution in [0.5, 0.6) is 0 Å². The lowest BCUT2D eigenvalue weighted by molar-refractivity contribution is 0.0718. The predicted molar refractivity (Wildman–Crippen MR) is 97.0 cm³/mol. The van der Waals surface area contributed by atoms with Crippen LogP contribution in [0, 0.1) is 12.3 Å². The topological polar surface area (TPSA) is 61.9 Å². The van der Waals surface area contributed by atoms with Crippen LogP contribution in [0.25, 0.3) is 22.3 Å². The van der Waals surface area contributed by atoms with E-state index in [-0.39, 0.29) is 5.91 Å². The van der Waals surface area contributed by atoms with E-state index in [1.807, 2.05) is 29.2 Å². The Labute approximate surface area is 146 Å². The second-order valence-electron chi connectivity index (χ2n) is 6.25. The number of likely N-dealkylation sites (tertiary alicyclic amines) is 1. The van der Waals surface area contributed by atoms with Crippen molar-refractivity contribution in [2.45, 2.75) is 19.3 Å². The first-order valence-corrected chi connectivity index (χ1v) is 8.47. The van der Waals surface area contributed by atoms with Crippen LogP contribution in [0.15, 0.2) is 36.5 Å². The van der Waals surface area contributed by atoms with E-state index in [1.54, 1.807) is 12.3 Å². The van der Waals surface area contributed by atoms with E-state index >= 15 is 0 Å². The van der Waals surface area contributed by atoms with Gasteiger partial charge in [0.2, 0.25) is 0 Å². The summed E-state index contributed by atoms with van der Waals surface area (Å²) in [5.41, 5.74) is 3.53. The van der Waals surface area contributed by atoms with Crippen molar-refractivity contribution in [3.63, 3.8) is 0 Å². The number of hydrogen-bond acceptors (Lipinski definition) is 3. The summed E-state index contributed by atoms with van der Waals surface area (Å²) in [6.45, 7) is 1.63. The number of nitrogens with zero attached hydrogens (tertiary/aromatic N) is 3. The van der Waals surface area contributed by atoms with Crippen molar-refractivity contribution < 1.29 is 4.79 Å². The zero-order valence-electron chi connectivity index (χ0n) is 13.8. The molecule has 0 radical (unpaired) electrons. The number of hydrogen-bond donors (Lipinski definition) is 1. The number of fused-ring (bicyclic) bond motifs is 1. The number of terminal acetylenes is 1. The van der Waals surface area contributed by atoms with E-state index in [0.29, 0.717) is 11.4 Å². The zero-order valence-corrected chi connectivity index (χ0v) is 13.8. The maximum atomic E-state index is 12.7. The van der Waals surface area contributed by atoms with E-state index in [9.17, 15) is 4.79 Å². The van der Waals surface area contributed by atoms with Crippen molar-refractivity contribution in [3.8, 4) is 23.6 Å². The first-order chi connectivity index (χ1) is 12.2. The van der Waals surface area contributed by atoms with Crippen LogP contribution in [0.1, 0.15) is 35.4 Å². The number of piperidine rings is 1. The number of carbonyl (C=O) groups is 1. The summed E-state index contributed by atoms with van der Waals surface area (Å²) in [6.07, 6.45) is 10.5. The summed E-state index contributed by atoms with van der Waals surface area (Å²) in [5, 5.41) is 0.931. The lowest BCUT2D eigenvalue weighted by atomic mass is 10.1. The molecule has 4 rings (SSSR count). The van der Waals surface area contributed by atoms with Gasteiger partial charge in [0.25, 0.3) is 5.91 Å². The molecule has 1 aliphatic rings. The van der Waals surface area contributed by atoms with E-state index in [1.165, 1.54) is 6.42 Å². The molecule has 0 saturated carbocycles. The molecule has 0 bridgehead atoms. The molecule has 5 nitrogen and oxygen atoms in total. The van der Waals surface area contributed by atoms with Crippen molar-refractivity contribution >= 4 is 16.9 Å². The molecule has 0 aliphatic carbocycles. The molecular formula is C20H18N4O. The Bertz CT molecular complexity index is 977. The van der Waals surface area contributed by atoms with E-state index < -0.39 is 0 Å². The van der Waals surface area contributed by atoms with Gasteiger partial charge in [0, 0.05) is 30.2 Å². The van der Waals surface area contributed by atoms with Crippen molar-refractivity contribution in [2.24, 2.45) is 0 Å². The summed E-state index contributed by atoms with van der Waals surface area (Å²) < 4.78 is 0. The average Bonchev–Trinajstić information content (AvgIpc) is 3.10. The maximum Gasteiger partial charge on any atom is 0.272 e. The SMILES string of the molecule is C#Cc1cc2cc(-c3cccc(C(=O)N4CCCCC4)n3)cnc2[nH]1. The molecule has 1 N–H and O–H groups in total. The molecule has 4 heterocycles. The molecular weight excluding hydrogens is 312 g/mol. The summed E-state index contributed by atoms with van der Waals surface area (Å²) in [7, 11) is 0. The summed E-state index contributed by atoms with van der Waals surface area (Å²) in [5.74, 6) is 2.58. The number of rotatable bonds is 2. The molecule has 124 valence electrons. The van der Waals surface area contributed by atoms with Crippen LogP contribution in [0.3, 0.4) is 0 Å². The minimum atomic E-state index is 0.00634. The third-order valence-electron chi connectivity index (χ3n) is 4.53. The fourth-order valence-electron chi connectivity index (χ4n) is 3.21. The van der Waals surface area contributed by atoms with Gasteiger partial charge in [0.05, 0.1) is 11.4 Å². The third kappa shape index (κ3) is 2.99. The molecule has 5 heteroatoms. The molecule has 0 atom stereocenters. The van der Waals surface area contributed by atoms with Gasteiger partial charge >= 0.3 is 0 Å². The van der Waals surface area contributed by atoms with Gasteiger partial charge < -0.3 is 9.88 Å². The summed E-state index contributed by atoms with van der Waals surface area (Å²) in [4.78, 5) is 26.6. The number of aromatic nitrogens is 3. The van der Waals surface area contributed by atoms with Gasteiger partial charge in [-0.1, -0.05) is 12.0 Å². The lowest BCUT2D eigenvalue weighted by Crippen LogP contribution is -2.36. The highest BCUT2D eigenvalue weighted by atomic mass is 16.2. The minimum absolute atomic E-state index is 0.00634. The van der Waals surface area contributed by atoms with Gasteiger partial charge in [-0.15, -0.1) is 6.42 Å². The molecule has 3 aromatic heterocycles. The number of amides is 1. The van der Waals surface area contributed by atoms with Crippen molar-refractivity contribution in [1.82, 2.24) is 19.9 Å². The number of H-pyrrole nitrogens is 1. The highest BCUT2D eigenvalue weighted by Crippen LogP contribution is 2.22. The Hall–Kier alpha value is -3.13. The minimum Gasteiger partial charge on any atom is -0.337 e. The zero-order chi connectivity index (χ0) is 17.2. The molecule has 1 aliphatic heterocycles. The van der Waals surface area contributed by atoms with Crippen LogP contribution in [-0.4, -0.2) is 38.8 Å². The predicted octanol–water partition coefficient (Wildman–Crippen LogP) is 3.23. The Morgan fingerprint density at radius 3 is 2.84 bits per heavy atom. The fraction of sp³-hybridized carbons (Fsp3) is 0.250. The first kappa shape index (κ1) is 15.4. The Balaban J connectivity index is 1.66. The molecule has 0 aromatic carbocycles. The highest BCUT2D eigenvalue weighted by molar-refractivity contribution is 5.93. The third-order valence-corrected chi connectivity index (χ3v) is 4.53. The van der Waals surface area contributed by atoms with Gasteiger partial charge in [-0.2, -0.15) is 0 Å². The number of pyridine rings is 2. The second-order valence-corrected chi connectivity index (χ2v) is 6.25. The normalized spacial score (nSPS) is 14.4. The second kappa shape index (κ2) is 6.40. The van der Waals surface area contributed by atoms with Crippen LogP contribution in [0.2, 0.25) is 0 Å². The van der Waals surface area contributed by atoms with Crippen LogP contribution in [0.4, 0.5) is 0 Å². The summed E-state index contributed by atoms with van der Waals surface area (Å²) in [6, 6.07) is 9.41. The van der Waals surface area contributed by atoms with Gasteiger partial charge in [-0.3, -0.25) is 4.79 Å². The Morgan fingerprint density at radius 1 is 1.20 bits per heavy atom.